The highest BCUT2D eigenvalue weighted by Gasteiger charge is 2.50. The van der Waals surface area contributed by atoms with Gasteiger partial charge in [0.1, 0.15) is 36.3 Å². The monoisotopic (exact) mass is 925 g/mol. The summed E-state index contributed by atoms with van der Waals surface area (Å²) < 4.78 is 62.0. The number of aliphatic hydroxyl groups excluding tert-OH is 2. The number of carboxylic acids is 1. The summed E-state index contributed by atoms with van der Waals surface area (Å²) in [5, 5.41) is 44.9. The van der Waals surface area contributed by atoms with Crippen LogP contribution in [-0.4, -0.2) is 144 Å². The van der Waals surface area contributed by atoms with Crippen molar-refractivity contribution in [2.45, 2.75) is 82.7 Å². The van der Waals surface area contributed by atoms with Crippen LogP contribution in [0.4, 0.5) is 5.82 Å². The molecule has 3 rings (SSSR count). The number of aliphatic hydroxyl groups is 3. The van der Waals surface area contributed by atoms with Crippen molar-refractivity contribution in [3.8, 4) is 0 Å². The molecule has 12 N–H and O–H groups in total. The van der Waals surface area contributed by atoms with E-state index >= 15 is 0 Å². The van der Waals surface area contributed by atoms with Gasteiger partial charge in [-0.25, -0.2) is 28.6 Å². The highest BCUT2D eigenvalue weighted by atomic mass is 32.2. The summed E-state index contributed by atoms with van der Waals surface area (Å²) in [6.07, 6.45) is -8.12. The van der Waals surface area contributed by atoms with Gasteiger partial charge in [0.25, 0.3) is 0 Å². The van der Waals surface area contributed by atoms with Crippen LogP contribution in [0.3, 0.4) is 0 Å². The first kappa shape index (κ1) is 50.3. The van der Waals surface area contributed by atoms with Gasteiger partial charge in [0, 0.05) is 37.1 Å². The first-order valence-corrected chi connectivity index (χ1v) is 22.7. The second kappa shape index (κ2) is 20.7. The number of thioether (sulfide) groups is 1. The van der Waals surface area contributed by atoms with E-state index in [1.54, 1.807) is 6.92 Å². The minimum atomic E-state index is -5.60. The lowest BCUT2D eigenvalue weighted by Gasteiger charge is -2.30. The number of phosphoric acid groups is 3. The summed E-state index contributed by atoms with van der Waals surface area (Å²) in [5.74, 6) is -2.79. The molecule has 0 spiro atoms. The second-order valence-electron chi connectivity index (χ2n) is 13.6. The number of carbonyl (C=O) groups excluding carboxylic acids is 3. The van der Waals surface area contributed by atoms with E-state index in [0.717, 1.165) is 29.0 Å². The van der Waals surface area contributed by atoms with Crippen LogP contribution in [0.15, 0.2) is 12.7 Å². The number of phosphoric ester groups is 3. The van der Waals surface area contributed by atoms with Gasteiger partial charge in [0.05, 0.1) is 31.6 Å². The van der Waals surface area contributed by atoms with Crippen LogP contribution < -0.4 is 16.4 Å². The minimum absolute atomic E-state index is 0.0150. The van der Waals surface area contributed by atoms with Gasteiger partial charge in [-0.3, -0.25) is 37.3 Å². The number of nitrogens with two attached hydrogens (primary N) is 1. The lowest BCUT2D eigenvalue weighted by molar-refractivity contribution is -0.143. The molecule has 27 nitrogen and oxygen atoms in total. The van der Waals surface area contributed by atoms with Crippen molar-refractivity contribution < 1.29 is 95.5 Å². The molecule has 1 aliphatic rings. The zero-order valence-electron chi connectivity index (χ0n) is 31.5. The average molecular weight is 926 g/mol. The molecule has 0 bridgehead atoms. The third-order valence-electron chi connectivity index (χ3n) is 8.38. The number of aromatic nitrogens is 4. The van der Waals surface area contributed by atoms with Gasteiger partial charge in [-0.15, -0.1) is 0 Å². The molecule has 0 aromatic carbocycles. The molecule has 1 fully saturated rings. The predicted octanol–water partition coefficient (Wildman–Crippen LogP) is -1.33. The van der Waals surface area contributed by atoms with Crippen molar-refractivity contribution >= 4 is 75.1 Å². The van der Waals surface area contributed by atoms with E-state index in [0.29, 0.717) is 0 Å². The number of carbonyl (C=O) groups is 4. The molecule has 2 aromatic heterocycles. The largest absolute Gasteiger partial charge is 0.481 e. The molecule has 2 aromatic rings. The fourth-order valence-electron chi connectivity index (χ4n) is 5.21. The molecule has 59 heavy (non-hydrogen) atoms. The van der Waals surface area contributed by atoms with Crippen LogP contribution in [0, 0.1) is 5.41 Å². The van der Waals surface area contributed by atoms with Gasteiger partial charge in [-0.1, -0.05) is 32.5 Å². The first-order chi connectivity index (χ1) is 27.2. The van der Waals surface area contributed by atoms with Crippen LogP contribution in [0.2, 0.25) is 0 Å². The normalized spacial score (nSPS) is 22.2. The predicted molar refractivity (Wildman–Crippen MR) is 199 cm³/mol. The standard InChI is InChI=1S/C28H46N7O20P3S/c1-4-28(43,9-17(37)38)10-18(39)59-8-7-30-16(36)5-6-31-25(42)22(41)27(2,3)12-52-58(49,50)55-57(47,48)51-11-15-21(54-56(44,45)46)20(40)26(53-15)35-14-34-19-23(29)32-13-33-24(19)35/h13-15,20-22,26,40-41,43H,4-12H2,1-3H3,(H,30,36)(H,31,42)(H,37,38)(H,47,48)(H,49,50)(H2,29,32,33)(H2,44,45,46)/t15-,20-,21-,22+,26-,28?/m1/s1. The molecule has 3 heterocycles. The maximum absolute atomic E-state index is 12.7. The summed E-state index contributed by atoms with van der Waals surface area (Å²) in [5.41, 5.74) is 2.49. The van der Waals surface area contributed by atoms with Gasteiger partial charge in [0.15, 0.2) is 22.8 Å². The molecule has 0 saturated carbocycles. The Morgan fingerprint density at radius 2 is 1.69 bits per heavy atom. The SMILES string of the molecule is CCC(O)(CC(=O)O)CC(=O)SCCNC(=O)CCNC(=O)[C@H](O)C(C)(C)COP(=O)(O)OP(=O)(O)OC[C@H]1O[C@@H](n2cnc3c(N)ncnc32)[C@H](O)[C@@H]1OP(=O)(O)O. The Kier molecular flexibility index (Phi) is 17.7. The maximum atomic E-state index is 12.7. The Morgan fingerprint density at radius 1 is 1.03 bits per heavy atom. The summed E-state index contributed by atoms with van der Waals surface area (Å²) in [4.78, 5) is 98.6. The molecule has 1 saturated heterocycles. The fourth-order valence-corrected chi connectivity index (χ4v) is 8.84. The number of rotatable bonds is 24. The van der Waals surface area contributed by atoms with E-state index in [1.165, 1.54) is 13.8 Å². The molecule has 0 aliphatic carbocycles. The van der Waals surface area contributed by atoms with Gasteiger partial charge in [-0.05, 0) is 6.42 Å². The molecule has 0 radical (unpaired) electrons. The fraction of sp³-hybridized carbons (Fsp3) is 0.679. The van der Waals surface area contributed by atoms with E-state index < -0.39 is 114 Å². The van der Waals surface area contributed by atoms with Crippen LogP contribution in [0.1, 0.15) is 52.7 Å². The van der Waals surface area contributed by atoms with Crippen molar-refractivity contribution in [3.05, 3.63) is 12.7 Å². The highest BCUT2D eigenvalue weighted by Crippen LogP contribution is 2.61. The zero-order chi connectivity index (χ0) is 44.6. The molecule has 2 amide bonds. The van der Waals surface area contributed by atoms with E-state index in [2.05, 4.69) is 34.4 Å². The number of nitrogens with zero attached hydrogens (tertiary/aromatic N) is 4. The molecular weight excluding hydrogens is 879 g/mol. The van der Waals surface area contributed by atoms with E-state index in [9.17, 15) is 67.8 Å². The number of hydrogen-bond acceptors (Lipinski definition) is 20. The first-order valence-electron chi connectivity index (χ1n) is 17.2. The van der Waals surface area contributed by atoms with Gasteiger partial charge in [-0.2, -0.15) is 4.31 Å². The van der Waals surface area contributed by atoms with Gasteiger partial charge < -0.3 is 61.1 Å². The van der Waals surface area contributed by atoms with Crippen LogP contribution in [0.5, 0.6) is 0 Å². The maximum Gasteiger partial charge on any atom is 0.481 e. The average Bonchev–Trinajstić information content (AvgIpc) is 3.67. The van der Waals surface area contributed by atoms with Crippen molar-refractivity contribution in [1.82, 2.24) is 30.2 Å². The number of imidazole rings is 1. The zero-order valence-corrected chi connectivity index (χ0v) is 35.0. The molecule has 3 unspecified atom stereocenters. The summed E-state index contributed by atoms with van der Waals surface area (Å²) in [7, 11) is -16.5. The van der Waals surface area contributed by atoms with Crippen molar-refractivity contribution in [2.24, 2.45) is 5.41 Å². The third kappa shape index (κ3) is 15.4. The molecule has 8 atom stereocenters. The number of fused-ring (bicyclic) bond motifs is 1. The van der Waals surface area contributed by atoms with E-state index in [4.69, 9.17) is 24.6 Å². The number of nitrogen functional groups attached to an aromatic ring is 1. The van der Waals surface area contributed by atoms with Crippen LogP contribution in [-0.2, 0) is 55.5 Å². The Hall–Kier alpha value is -3.01. The van der Waals surface area contributed by atoms with Gasteiger partial charge >= 0.3 is 29.4 Å². The smallest absolute Gasteiger partial charge is 0.481 e. The summed E-state index contributed by atoms with van der Waals surface area (Å²) in [6.45, 7) is 1.63. The Bertz CT molecular complexity index is 1970. The highest BCUT2D eigenvalue weighted by molar-refractivity contribution is 8.13. The lowest BCUT2D eigenvalue weighted by Crippen LogP contribution is -2.46. The van der Waals surface area contributed by atoms with Crippen molar-refractivity contribution in [1.29, 1.82) is 0 Å². The number of amides is 2. The topological polar surface area (TPSA) is 421 Å². The third-order valence-corrected chi connectivity index (χ3v) is 12.4. The minimum Gasteiger partial charge on any atom is -0.481 e. The van der Waals surface area contributed by atoms with E-state index in [-0.39, 0.29) is 48.7 Å². The summed E-state index contributed by atoms with van der Waals surface area (Å²) >= 11 is 0.787. The number of carboxylic acid groups (broad SMARTS) is 1. The second-order valence-corrected chi connectivity index (χ2v) is 19.0. The molecular formula is C28H46N7O20P3S. The molecule has 1 aliphatic heterocycles. The Morgan fingerprint density at radius 3 is 2.32 bits per heavy atom. The number of hydrogen-bond donors (Lipinski definition) is 11. The van der Waals surface area contributed by atoms with Crippen molar-refractivity contribution in [2.75, 3.05) is 37.8 Å². The number of anilines is 1. The van der Waals surface area contributed by atoms with Crippen LogP contribution >= 0.6 is 35.2 Å². The van der Waals surface area contributed by atoms with Gasteiger partial charge in [0.2, 0.25) is 11.8 Å². The quantitative estimate of drug-likeness (QED) is 0.0429. The number of ether oxygens (including phenoxy) is 1. The van der Waals surface area contributed by atoms with Crippen LogP contribution in [0.25, 0.3) is 11.2 Å². The Labute approximate surface area is 338 Å². The molecule has 334 valence electrons. The lowest BCUT2D eigenvalue weighted by atomic mass is 9.87. The number of nitrogens with one attached hydrogen (secondary N) is 2. The Balaban J connectivity index is 1.46. The summed E-state index contributed by atoms with van der Waals surface area (Å²) in [6, 6.07) is 0. The number of aliphatic carboxylic acids is 1. The molecule has 31 heteroatoms. The van der Waals surface area contributed by atoms with Crippen molar-refractivity contribution in [3.63, 3.8) is 0 Å². The van der Waals surface area contributed by atoms with E-state index in [1.807, 2.05) is 0 Å².